The highest BCUT2D eigenvalue weighted by Gasteiger charge is 2.26. The average molecular weight is 226 g/mol. The number of nitrogens with zero attached hydrogens (tertiary/aromatic N) is 1. The van der Waals surface area contributed by atoms with Gasteiger partial charge < -0.3 is 10.1 Å². The van der Waals surface area contributed by atoms with Crippen molar-refractivity contribution in [1.82, 2.24) is 10.3 Å². The summed E-state index contributed by atoms with van der Waals surface area (Å²) >= 11 is 0. The van der Waals surface area contributed by atoms with Crippen molar-refractivity contribution in [1.29, 1.82) is 0 Å². The van der Waals surface area contributed by atoms with Gasteiger partial charge in [-0.25, -0.2) is 0 Å². The molecule has 0 fully saturated rings. The van der Waals surface area contributed by atoms with Crippen molar-refractivity contribution in [3.8, 4) is 5.75 Å². The normalized spacial score (nSPS) is 17.8. The topological polar surface area (TPSA) is 34.1 Å². The first-order chi connectivity index (χ1) is 8.40. The Morgan fingerprint density at radius 2 is 2.12 bits per heavy atom. The summed E-state index contributed by atoms with van der Waals surface area (Å²) in [5, 5.41) is 3.47. The molecule has 0 bridgehead atoms. The summed E-state index contributed by atoms with van der Waals surface area (Å²) in [5.74, 6) is 0.835. The van der Waals surface area contributed by atoms with E-state index in [2.05, 4.69) is 34.6 Å². The Labute approximate surface area is 100 Å². The fraction of sp³-hybridized carbons (Fsp3) is 0.214. The molecule has 17 heavy (non-hydrogen) atoms. The molecule has 2 heterocycles. The number of nitrogens with one attached hydrogen (secondary N) is 1. The predicted molar refractivity (Wildman–Crippen MR) is 65.9 cm³/mol. The van der Waals surface area contributed by atoms with Crippen LogP contribution in [-0.2, 0) is 6.54 Å². The Kier molecular flexibility index (Phi) is 2.53. The van der Waals surface area contributed by atoms with E-state index in [-0.39, 0.29) is 6.04 Å². The van der Waals surface area contributed by atoms with Crippen LogP contribution in [0.1, 0.15) is 22.9 Å². The third kappa shape index (κ3) is 1.68. The largest absolute Gasteiger partial charge is 0.495 e. The monoisotopic (exact) mass is 226 g/mol. The maximum absolute atomic E-state index is 5.37. The van der Waals surface area contributed by atoms with E-state index in [0.29, 0.717) is 0 Å². The molecule has 1 aliphatic rings. The lowest BCUT2D eigenvalue weighted by Gasteiger charge is -2.14. The molecule has 3 rings (SSSR count). The zero-order chi connectivity index (χ0) is 11.7. The molecular formula is C14H14N2O. The molecule has 0 spiro atoms. The summed E-state index contributed by atoms with van der Waals surface area (Å²) in [5.41, 5.74) is 3.59. The van der Waals surface area contributed by atoms with Crippen molar-refractivity contribution in [3.05, 3.63) is 59.4 Å². The van der Waals surface area contributed by atoms with Gasteiger partial charge in [0, 0.05) is 12.7 Å². The lowest BCUT2D eigenvalue weighted by atomic mass is 10.0. The molecule has 2 aromatic rings. The van der Waals surface area contributed by atoms with Gasteiger partial charge in [-0.2, -0.15) is 0 Å². The number of fused-ring (bicyclic) bond motifs is 1. The second kappa shape index (κ2) is 4.18. The fourth-order valence-corrected chi connectivity index (χ4v) is 2.33. The van der Waals surface area contributed by atoms with Gasteiger partial charge in [0.1, 0.15) is 11.4 Å². The minimum absolute atomic E-state index is 0.141. The molecule has 3 nitrogen and oxygen atoms in total. The van der Waals surface area contributed by atoms with E-state index in [0.717, 1.165) is 18.0 Å². The van der Waals surface area contributed by atoms with Crippen molar-refractivity contribution < 1.29 is 4.74 Å². The molecule has 0 aliphatic carbocycles. The summed E-state index contributed by atoms with van der Waals surface area (Å²) < 4.78 is 5.37. The number of methoxy groups -OCH3 is 1. The number of hydrogen-bond donors (Lipinski definition) is 1. The predicted octanol–water partition coefficient (Wildman–Crippen LogP) is 2.28. The maximum Gasteiger partial charge on any atom is 0.142 e. The number of ether oxygens (including phenoxy) is 1. The van der Waals surface area contributed by atoms with Crippen LogP contribution >= 0.6 is 0 Å². The highest BCUT2D eigenvalue weighted by molar-refractivity contribution is 5.43. The maximum atomic E-state index is 5.37. The lowest BCUT2D eigenvalue weighted by molar-refractivity contribution is 0.401. The van der Waals surface area contributed by atoms with E-state index >= 15 is 0 Å². The summed E-state index contributed by atoms with van der Waals surface area (Å²) in [7, 11) is 1.68. The standard InChI is InChI=1S/C14H14N2O/c1-17-12-7-4-8-15-14(12)13-11-6-3-2-5-10(11)9-16-13/h2-8,13,16H,9H2,1H3. The van der Waals surface area contributed by atoms with Crippen molar-refractivity contribution in [2.45, 2.75) is 12.6 Å². The van der Waals surface area contributed by atoms with Crippen molar-refractivity contribution in [2.24, 2.45) is 0 Å². The van der Waals surface area contributed by atoms with E-state index in [1.807, 2.05) is 12.1 Å². The van der Waals surface area contributed by atoms with Crippen LogP contribution < -0.4 is 10.1 Å². The van der Waals surface area contributed by atoms with Crippen LogP contribution in [0.2, 0.25) is 0 Å². The Morgan fingerprint density at radius 3 is 3.00 bits per heavy atom. The van der Waals surface area contributed by atoms with Gasteiger partial charge in [0.2, 0.25) is 0 Å². The van der Waals surface area contributed by atoms with Crippen LogP contribution in [0.25, 0.3) is 0 Å². The van der Waals surface area contributed by atoms with E-state index in [4.69, 9.17) is 4.74 Å². The second-order valence-electron chi connectivity index (χ2n) is 4.10. The minimum atomic E-state index is 0.141. The Hall–Kier alpha value is -1.87. The third-order valence-corrected chi connectivity index (χ3v) is 3.16. The number of aromatic nitrogens is 1. The van der Waals surface area contributed by atoms with Gasteiger partial charge in [0.25, 0.3) is 0 Å². The molecular weight excluding hydrogens is 212 g/mol. The fourth-order valence-electron chi connectivity index (χ4n) is 2.33. The van der Waals surface area contributed by atoms with E-state index in [9.17, 15) is 0 Å². The van der Waals surface area contributed by atoms with Gasteiger partial charge in [-0.15, -0.1) is 0 Å². The zero-order valence-electron chi connectivity index (χ0n) is 9.68. The summed E-state index contributed by atoms with van der Waals surface area (Å²) in [4.78, 5) is 4.44. The van der Waals surface area contributed by atoms with Gasteiger partial charge in [-0.1, -0.05) is 24.3 Å². The highest BCUT2D eigenvalue weighted by atomic mass is 16.5. The quantitative estimate of drug-likeness (QED) is 0.853. The number of rotatable bonds is 2. The van der Waals surface area contributed by atoms with Crippen molar-refractivity contribution >= 4 is 0 Å². The molecule has 86 valence electrons. The molecule has 1 N–H and O–H groups in total. The first kappa shape index (κ1) is 10.3. The van der Waals surface area contributed by atoms with E-state index < -0.39 is 0 Å². The smallest absolute Gasteiger partial charge is 0.142 e. The molecule has 1 aromatic carbocycles. The van der Waals surface area contributed by atoms with Crippen LogP contribution in [0.5, 0.6) is 5.75 Å². The molecule has 1 aliphatic heterocycles. The molecule has 3 heteroatoms. The second-order valence-corrected chi connectivity index (χ2v) is 4.10. The summed E-state index contributed by atoms with van der Waals surface area (Å²) in [6, 6.07) is 12.4. The molecule has 1 atom stereocenters. The first-order valence-corrected chi connectivity index (χ1v) is 5.70. The molecule has 0 radical (unpaired) electrons. The molecule has 1 aromatic heterocycles. The van der Waals surface area contributed by atoms with Crippen LogP contribution in [0, 0.1) is 0 Å². The number of hydrogen-bond acceptors (Lipinski definition) is 3. The SMILES string of the molecule is COc1cccnc1C1NCc2ccccc21. The third-order valence-electron chi connectivity index (χ3n) is 3.16. The van der Waals surface area contributed by atoms with Crippen LogP contribution in [-0.4, -0.2) is 12.1 Å². The molecule has 1 unspecified atom stereocenters. The van der Waals surface area contributed by atoms with Crippen LogP contribution in [0.3, 0.4) is 0 Å². The van der Waals surface area contributed by atoms with Gasteiger partial charge in [-0.3, -0.25) is 4.98 Å². The number of pyridine rings is 1. The molecule has 0 saturated heterocycles. The van der Waals surface area contributed by atoms with Gasteiger partial charge in [0.15, 0.2) is 0 Å². The minimum Gasteiger partial charge on any atom is -0.495 e. The van der Waals surface area contributed by atoms with E-state index in [1.165, 1.54) is 11.1 Å². The molecule has 0 saturated carbocycles. The zero-order valence-corrected chi connectivity index (χ0v) is 9.68. The summed E-state index contributed by atoms with van der Waals surface area (Å²) in [6.07, 6.45) is 1.81. The van der Waals surface area contributed by atoms with Crippen LogP contribution in [0.15, 0.2) is 42.6 Å². The average Bonchev–Trinajstić information content (AvgIpc) is 2.82. The lowest BCUT2D eigenvalue weighted by Crippen LogP contribution is -2.15. The summed E-state index contributed by atoms with van der Waals surface area (Å²) in [6.45, 7) is 0.889. The highest BCUT2D eigenvalue weighted by Crippen LogP contribution is 2.33. The van der Waals surface area contributed by atoms with E-state index in [1.54, 1.807) is 13.3 Å². The Bertz CT molecular complexity index is 539. The first-order valence-electron chi connectivity index (χ1n) is 5.70. The Balaban J connectivity index is 2.07. The van der Waals surface area contributed by atoms with Gasteiger partial charge in [-0.05, 0) is 23.3 Å². The Morgan fingerprint density at radius 1 is 1.24 bits per heavy atom. The van der Waals surface area contributed by atoms with Crippen molar-refractivity contribution in [2.75, 3.05) is 7.11 Å². The van der Waals surface area contributed by atoms with Crippen LogP contribution in [0.4, 0.5) is 0 Å². The van der Waals surface area contributed by atoms with Gasteiger partial charge >= 0.3 is 0 Å². The number of benzene rings is 1. The van der Waals surface area contributed by atoms with Gasteiger partial charge in [0.05, 0.1) is 13.2 Å². The van der Waals surface area contributed by atoms with Crippen molar-refractivity contribution in [3.63, 3.8) is 0 Å². The molecule has 0 amide bonds.